The summed E-state index contributed by atoms with van der Waals surface area (Å²) >= 11 is 0. The molecule has 2 rings (SSSR count). The van der Waals surface area contributed by atoms with E-state index in [2.05, 4.69) is 4.74 Å². The number of esters is 1. The number of ether oxygens (including phenoxy) is 2. The van der Waals surface area contributed by atoms with Gasteiger partial charge in [-0.3, -0.25) is 10.1 Å². The molecule has 0 radical (unpaired) electrons. The van der Waals surface area contributed by atoms with Gasteiger partial charge in [0.2, 0.25) is 10.0 Å². The fourth-order valence-corrected chi connectivity index (χ4v) is 4.07. The highest BCUT2D eigenvalue weighted by molar-refractivity contribution is 7.89. The molecule has 1 aromatic carbocycles. The van der Waals surface area contributed by atoms with Crippen molar-refractivity contribution in [3.63, 3.8) is 0 Å². The van der Waals surface area contributed by atoms with Gasteiger partial charge in [-0.2, -0.15) is 4.31 Å². The van der Waals surface area contributed by atoms with Gasteiger partial charge in [0, 0.05) is 13.1 Å². The summed E-state index contributed by atoms with van der Waals surface area (Å²) in [5.74, 6) is -1.64. The van der Waals surface area contributed by atoms with Gasteiger partial charge < -0.3 is 9.47 Å². The second-order valence-electron chi connectivity index (χ2n) is 5.83. The lowest BCUT2D eigenvalue weighted by molar-refractivity contribution is -0.123. The summed E-state index contributed by atoms with van der Waals surface area (Å²) in [6.45, 7) is 2.00. The molecule has 1 aromatic rings. The van der Waals surface area contributed by atoms with Crippen molar-refractivity contribution in [2.24, 2.45) is 0 Å². The highest BCUT2D eigenvalue weighted by Crippen LogP contribution is 2.21. The van der Waals surface area contributed by atoms with Crippen LogP contribution in [0.2, 0.25) is 0 Å². The quantitative estimate of drug-likeness (QED) is 0.717. The standard InChI is InChI=1S/C17H22N2O7S/c1-2-25-17(22)18-15(20)12-26-16(21)13-6-8-14(9-7-13)27(23,24)19-10-4-3-5-11-19/h6-9H,2-5,10-12H2,1H3,(H,18,20,22). The molecule has 1 heterocycles. The van der Waals surface area contributed by atoms with E-state index in [0.717, 1.165) is 19.3 Å². The first-order valence-electron chi connectivity index (χ1n) is 8.58. The lowest BCUT2D eigenvalue weighted by Crippen LogP contribution is -2.35. The fourth-order valence-electron chi connectivity index (χ4n) is 2.55. The molecule has 0 aromatic heterocycles. The maximum Gasteiger partial charge on any atom is 0.413 e. The van der Waals surface area contributed by atoms with Crippen LogP contribution in [0.3, 0.4) is 0 Å². The number of nitrogens with one attached hydrogen (secondary N) is 1. The number of alkyl carbamates (subject to hydrolysis) is 1. The summed E-state index contributed by atoms with van der Waals surface area (Å²) in [6.07, 6.45) is 1.75. The summed E-state index contributed by atoms with van der Waals surface area (Å²) < 4.78 is 35.9. The highest BCUT2D eigenvalue weighted by atomic mass is 32.2. The summed E-state index contributed by atoms with van der Waals surface area (Å²) in [6, 6.07) is 5.31. The monoisotopic (exact) mass is 398 g/mol. The Morgan fingerprint density at radius 1 is 1.04 bits per heavy atom. The van der Waals surface area contributed by atoms with Crippen molar-refractivity contribution in [1.82, 2.24) is 9.62 Å². The van der Waals surface area contributed by atoms with Crippen LogP contribution in [-0.2, 0) is 24.3 Å². The number of carbonyl (C=O) groups excluding carboxylic acids is 3. The van der Waals surface area contributed by atoms with E-state index in [1.165, 1.54) is 28.6 Å². The third-order valence-corrected chi connectivity index (χ3v) is 5.81. The molecular weight excluding hydrogens is 376 g/mol. The van der Waals surface area contributed by atoms with Gasteiger partial charge >= 0.3 is 12.1 Å². The third kappa shape index (κ3) is 5.76. The Hall–Kier alpha value is -2.46. The number of amides is 2. The lowest BCUT2D eigenvalue weighted by Gasteiger charge is -2.25. The SMILES string of the molecule is CCOC(=O)NC(=O)COC(=O)c1ccc(S(=O)(=O)N2CCCCC2)cc1. The van der Waals surface area contributed by atoms with Crippen molar-refractivity contribution in [3.05, 3.63) is 29.8 Å². The maximum atomic E-state index is 12.6. The van der Waals surface area contributed by atoms with Gasteiger partial charge in [0.15, 0.2) is 6.61 Å². The number of sulfonamides is 1. The van der Waals surface area contributed by atoms with Gasteiger partial charge in [0.05, 0.1) is 17.1 Å². The van der Waals surface area contributed by atoms with E-state index in [1.54, 1.807) is 6.92 Å². The number of hydrogen-bond acceptors (Lipinski definition) is 7. The first-order valence-corrected chi connectivity index (χ1v) is 10.0. The molecule has 2 amide bonds. The molecule has 10 heteroatoms. The number of carbonyl (C=O) groups is 3. The Morgan fingerprint density at radius 3 is 2.26 bits per heavy atom. The minimum atomic E-state index is -3.58. The molecule has 0 spiro atoms. The van der Waals surface area contributed by atoms with E-state index in [1.807, 2.05) is 5.32 Å². The van der Waals surface area contributed by atoms with Gasteiger partial charge in [-0.25, -0.2) is 18.0 Å². The second kappa shape index (κ2) is 9.47. The van der Waals surface area contributed by atoms with Gasteiger partial charge in [-0.1, -0.05) is 6.42 Å². The Morgan fingerprint density at radius 2 is 1.67 bits per heavy atom. The molecule has 1 saturated heterocycles. The van der Waals surface area contributed by atoms with E-state index >= 15 is 0 Å². The maximum absolute atomic E-state index is 12.6. The zero-order valence-corrected chi connectivity index (χ0v) is 15.8. The summed E-state index contributed by atoms with van der Waals surface area (Å²) in [5, 5.41) is 1.89. The van der Waals surface area contributed by atoms with Crippen LogP contribution in [0.1, 0.15) is 36.5 Å². The van der Waals surface area contributed by atoms with Crippen LogP contribution >= 0.6 is 0 Å². The minimum Gasteiger partial charge on any atom is -0.452 e. The van der Waals surface area contributed by atoms with Crippen LogP contribution in [0.4, 0.5) is 4.79 Å². The van der Waals surface area contributed by atoms with Gasteiger partial charge in [-0.15, -0.1) is 0 Å². The van der Waals surface area contributed by atoms with E-state index in [9.17, 15) is 22.8 Å². The van der Waals surface area contributed by atoms with E-state index in [4.69, 9.17) is 4.74 Å². The smallest absolute Gasteiger partial charge is 0.413 e. The molecule has 1 N–H and O–H groups in total. The van der Waals surface area contributed by atoms with E-state index < -0.39 is 34.6 Å². The molecule has 1 aliphatic heterocycles. The average Bonchev–Trinajstić information content (AvgIpc) is 2.67. The van der Waals surface area contributed by atoms with Crippen LogP contribution < -0.4 is 5.32 Å². The predicted octanol–water partition coefficient (Wildman–Crippen LogP) is 1.29. The van der Waals surface area contributed by atoms with Gasteiger partial charge in [0.1, 0.15) is 0 Å². The Kier molecular flexibility index (Phi) is 7.31. The number of rotatable bonds is 6. The van der Waals surface area contributed by atoms with Crippen LogP contribution in [0.25, 0.3) is 0 Å². The molecule has 1 aliphatic rings. The van der Waals surface area contributed by atoms with Gasteiger partial charge in [0.25, 0.3) is 5.91 Å². The van der Waals surface area contributed by atoms with Crippen molar-refractivity contribution in [3.8, 4) is 0 Å². The molecular formula is C17H22N2O7S. The second-order valence-corrected chi connectivity index (χ2v) is 7.77. The van der Waals surface area contributed by atoms with E-state index in [0.29, 0.717) is 13.1 Å². The van der Waals surface area contributed by atoms with E-state index in [-0.39, 0.29) is 17.1 Å². The molecule has 0 unspecified atom stereocenters. The Labute approximate surface area is 157 Å². The topological polar surface area (TPSA) is 119 Å². The normalized spacial score (nSPS) is 15.0. The average molecular weight is 398 g/mol. The van der Waals surface area contributed by atoms with Crippen molar-refractivity contribution in [2.45, 2.75) is 31.1 Å². The van der Waals surface area contributed by atoms with Crippen LogP contribution in [0, 0.1) is 0 Å². The number of imide groups is 1. The summed E-state index contributed by atoms with van der Waals surface area (Å²) in [4.78, 5) is 34.6. The summed E-state index contributed by atoms with van der Waals surface area (Å²) in [5.41, 5.74) is 0.0940. The zero-order chi connectivity index (χ0) is 19.9. The largest absolute Gasteiger partial charge is 0.452 e. The first kappa shape index (κ1) is 20.8. The van der Waals surface area contributed by atoms with Crippen molar-refractivity contribution in [2.75, 3.05) is 26.3 Å². The van der Waals surface area contributed by atoms with Crippen molar-refractivity contribution in [1.29, 1.82) is 0 Å². The Bertz CT molecular complexity index is 784. The zero-order valence-electron chi connectivity index (χ0n) is 15.0. The molecule has 0 atom stereocenters. The minimum absolute atomic E-state index is 0.0940. The lowest BCUT2D eigenvalue weighted by atomic mass is 10.2. The first-order chi connectivity index (χ1) is 12.8. The van der Waals surface area contributed by atoms with Crippen LogP contribution in [0.5, 0.6) is 0 Å². The van der Waals surface area contributed by atoms with Crippen LogP contribution in [-0.4, -0.2) is 57.0 Å². The molecule has 9 nitrogen and oxygen atoms in total. The molecule has 0 saturated carbocycles. The number of nitrogens with zero attached hydrogens (tertiary/aromatic N) is 1. The molecule has 0 bridgehead atoms. The van der Waals surface area contributed by atoms with Crippen LogP contribution in [0.15, 0.2) is 29.2 Å². The number of hydrogen-bond donors (Lipinski definition) is 1. The molecule has 0 aliphatic carbocycles. The van der Waals surface area contributed by atoms with Crippen molar-refractivity contribution >= 4 is 28.0 Å². The van der Waals surface area contributed by atoms with Crippen molar-refractivity contribution < 1.29 is 32.3 Å². The summed E-state index contributed by atoms with van der Waals surface area (Å²) in [7, 11) is -3.58. The number of piperidine rings is 1. The highest BCUT2D eigenvalue weighted by Gasteiger charge is 2.26. The molecule has 1 fully saturated rings. The predicted molar refractivity (Wildman–Crippen MR) is 94.5 cm³/mol. The fraction of sp³-hybridized carbons (Fsp3) is 0.471. The van der Waals surface area contributed by atoms with Gasteiger partial charge in [-0.05, 0) is 44.0 Å². The molecule has 148 valence electrons. The Balaban J connectivity index is 1.93. The molecule has 27 heavy (non-hydrogen) atoms. The number of benzene rings is 1. The third-order valence-electron chi connectivity index (χ3n) is 3.89.